The molecular formula is C12H11BrN4. The van der Waals surface area contributed by atoms with E-state index in [2.05, 4.69) is 48.7 Å². The average molecular weight is 291 g/mol. The number of benzene rings is 1. The first-order chi connectivity index (χ1) is 8.29. The second kappa shape index (κ2) is 4.09. The van der Waals surface area contributed by atoms with Gasteiger partial charge in [0.1, 0.15) is 5.82 Å². The lowest BCUT2D eigenvalue weighted by Gasteiger charge is -2.04. The third-order valence-electron chi connectivity index (χ3n) is 2.77. The van der Waals surface area contributed by atoms with Gasteiger partial charge in [0.05, 0.1) is 5.52 Å². The molecule has 0 unspecified atom stereocenters. The first-order valence-electron chi connectivity index (χ1n) is 5.42. The lowest BCUT2D eigenvalue weighted by Crippen LogP contribution is -2.06. The zero-order valence-corrected chi connectivity index (χ0v) is 10.7. The Morgan fingerprint density at radius 1 is 1.18 bits per heavy atom. The summed E-state index contributed by atoms with van der Waals surface area (Å²) in [6, 6.07) is 10.2. The normalized spacial score (nSPS) is 11.4. The van der Waals surface area contributed by atoms with E-state index in [1.807, 2.05) is 12.1 Å². The lowest BCUT2D eigenvalue weighted by molar-refractivity contribution is 0.857. The van der Waals surface area contributed by atoms with Crippen molar-refractivity contribution in [2.75, 3.05) is 6.54 Å². The number of halogens is 1. The second-order valence-electron chi connectivity index (χ2n) is 3.88. The Hall–Kier alpha value is -1.46. The van der Waals surface area contributed by atoms with Crippen molar-refractivity contribution in [2.45, 2.75) is 6.42 Å². The van der Waals surface area contributed by atoms with Crippen molar-refractivity contribution in [1.82, 2.24) is 14.6 Å². The summed E-state index contributed by atoms with van der Waals surface area (Å²) in [5, 5.41) is 9.49. The molecule has 2 aromatic heterocycles. The molecule has 5 heteroatoms. The van der Waals surface area contributed by atoms with Crippen LogP contribution in [0.5, 0.6) is 0 Å². The Morgan fingerprint density at radius 2 is 2.06 bits per heavy atom. The van der Waals surface area contributed by atoms with Crippen LogP contribution in [0.2, 0.25) is 0 Å². The zero-order valence-electron chi connectivity index (χ0n) is 9.10. The fraction of sp³-hybridized carbons (Fsp3) is 0.167. The highest BCUT2D eigenvalue weighted by molar-refractivity contribution is 9.10. The molecule has 0 radical (unpaired) electrons. The van der Waals surface area contributed by atoms with E-state index < -0.39 is 0 Å². The molecule has 86 valence electrons. The Kier molecular flexibility index (Phi) is 2.57. The standard InChI is InChI=1S/C12H11BrN4/c13-9-2-3-10-8(7-9)1-4-11-15-16-12(5-6-14)17(10)11/h1-4,7H,5-6,14H2. The first-order valence-corrected chi connectivity index (χ1v) is 6.21. The summed E-state index contributed by atoms with van der Waals surface area (Å²) in [4.78, 5) is 0. The predicted molar refractivity (Wildman–Crippen MR) is 71.0 cm³/mol. The summed E-state index contributed by atoms with van der Waals surface area (Å²) >= 11 is 3.48. The molecule has 0 saturated carbocycles. The molecule has 2 N–H and O–H groups in total. The number of nitrogens with two attached hydrogens (primary N) is 1. The molecule has 0 aliphatic rings. The van der Waals surface area contributed by atoms with Gasteiger partial charge in [0.25, 0.3) is 0 Å². The summed E-state index contributed by atoms with van der Waals surface area (Å²) in [6.07, 6.45) is 0.732. The third kappa shape index (κ3) is 1.71. The number of pyridine rings is 1. The Balaban J connectivity index is 2.40. The van der Waals surface area contributed by atoms with Crippen LogP contribution in [0.3, 0.4) is 0 Å². The number of aromatic nitrogens is 3. The summed E-state index contributed by atoms with van der Waals surface area (Å²) in [5.74, 6) is 0.912. The molecule has 0 aliphatic heterocycles. The van der Waals surface area contributed by atoms with Crippen molar-refractivity contribution in [3.8, 4) is 0 Å². The van der Waals surface area contributed by atoms with Crippen LogP contribution in [-0.4, -0.2) is 21.1 Å². The predicted octanol–water partition coefficient (Wildman–Crippen LogP) is 2.15. The van der Waals surface area contributed by atoms with Crippen LogP contribution >= 0.6 is 15.9 Å². The van der Waals surface area contributed by atoms with Gasteiger partial charge in [0.15, 0.2) is 5.65 Å². The highest BCUT2D eigenvalue weighted by Crippen LogP contribution is 2.21. The summed E-state index contributed by atoms with van der Waals surface area (Å²) in [7, 11) is 0. The third-order valence-corrected chi connectivity index (χ3v) is 3.26. The smallest absolute Gasteiger partial charge is 0.161 e. The van der Waals surface area contributed by atoms with Crippen LogP contribution in [0.4, 0.5) is 0 Å². The molecule has 2 heterocycles. The Labute approximate surface area is 107 Å². The fourth-order valence-electron chi connectivity index (χ4n) is 2.02. The SMILES string of the molecule is NCCc1nnc2ccc3cc(Br)ccc3n12. The molecule has 3 aromatic rings. The van der Waals surface area contributed by atoms with Crippen molar-refractivity contribution in [1.29, 1.82) is 0 Å². The van der Waals surface area contributed by atoms with Crippen LogP contribution in [-0.2, 0) is 6.42 Å². The second-order valence-corrected chi connectivity index (χ2v) is 4.80. The molecule has 0 atom stereocenters. The number of hydrogen-bond acceptors (Lipinski definition) is 3. The van der Waals surface area contributed by atoms with Gasteiger partial charge in [0.2, 0.25) is 0 Å². The van der Waals surface area contributed by atoms with Gasteiger partial charge < -0.3 is 5.73 Å². The summed E-state index contributed by atoms with van der Waals surface area (Å²) < 4.78 is 3.13. The maximum Gasteiger partial charge on any atom is 0.161 e. The zero-order chi connectivity index (χ0) is 11.8. The molecule has 0 amide bonds. The topological polar surface area (TPSA) is 56.2 Å². The number of hydrogen-bond donors (Lipinski definition) is 1. The van der Waals surface area contributed by atoms with Gasteiger partial charge >= 0.3 is 0 Å². The van der Waals surface area contributed by atoms with Crippen LogP contribution < -0.4 is 5.73 Å². The van der Waals surface area contributed by atoms with E-state index in [1.54, 1.807) is 0 Å². The molecule has 0 fully saturated rings. The van der Waals surface area contributed by atoms with E-state index in [1.165, 1.54) is 0 Å². The molecule has 17 heavy (non-hydrogen) atoms. The van der Waals surface area contributed by atoms with Crippen molar-refractivity contribution in [2.24, 2.45) is 5.73 Å². The van der Waals surface area contributed by atoms with Crippen LogP contribution in [0.15, 0.2) is 34.8 Å². The number of fused-ring (bicyclic) bond motifs is 3. The number of rotatable bonds is 2. The fourth-order valence-corrected chi connectivity index (χ4v) is 2.40. The van der Waals surface area contributed by atoms with Crippen LogP contribution in [0.25, 0.3) is 16.6 Å². The van der Waals surface area contributed by atoms with Gasteiger partial charge in [-0.15, -0.1) is 10.2 Å². The minimum absolute atomic E-state index is 0.577. The van der Waals surface area contributed by atoms with Gasteiger partial charge in [-0.05, 0) is 42.3 Å². The van der Waals surface area contributed by atoms with Crippen molar-refractivity contribution < 1.29 is 0 Å². The molecule has 1 aromatic carbocycles. The molecule has 4 nitrogen and oxygen atoms in total. The monoisotopic (exact) mass is 290 g/mol. The van der Waals surface area contributed by atoms with Crippen LogP contribution in [0, 0.1) is 0 Å². The van der Waals surface area contributed by atoms with Gasteiger partial charge in [-0.1, -0.05) is 15.9 Å². The quantitative estimate of drug-likeness (QED) is 0.787. The average Bonchev–Trinajstić information content (AvgIpc) is 2.73. The van der Waals surface area contributed by atoms with E-state index in [-0.39, 0.29) is 0 Å². The molecule has 0 spiro atoms. The van der Waals surface area contributed by atoms with Gasteiger partial charge in [-0.2, -0.15) is 0 Å². The highest BCUT2D eigenvalue weighted by atomic mass is 79.9. The molecule has 0 saturated heterocycles. The maximum atomic E-state index is 5.59. The van der Waals surface area contributed by atoms with E-state index in [9.17, 15) is 0 Å². The van der Waals surface area contributed by atoms with Crippen molar-refractivity contribution >= 4 is 32.5 Å². The Bertz CT molecular complexity index is 689. The Morgan fingerprint density at radius 3 is 2.88 bits per heavy atom. The van der Waals surface area contributed by atoms with Crippen molar-refractivity contribution in [3.63, 3.8) is 0 Å². The van der Waals surface area contributed by atoms with E-state index >= 15 is 0 Å². The molecule has 3 rings (SSSR count). The van der Waals surface area contributed by atoms with Gasteiger partial charge in [-0.25, -0.2) is 0 Å². The van der Waals surface area contributed by atoms with E-state index in [0.717, 1.165) is 33.3 Å². The minimum atomic E-state index is 0.577. The molecule has 0 aliphatic carbocycles. The first kappa shape index (κ1) is 10.7. The molecule has 0 bridgehead atoms. The molecular weight excluding hydrogens is 280 g/mol. The lowest BCUT2D eigenvalue weighted by atomic mass is 10.2. The van der Waals surface area contributed by atoms with Crippen LogP contribution in [0.1, 0.15) is 5.82 Å². The van der Waals surface area contributed by atoms with E-state index in [4.69, 9.17) is 5.73 Å². The maximum absolute atomic E-state index is 5.59. The largest absolute Gasteiger partial charge is 0.330 e. The number of nitrogens with zero attached hydrogens (tertiary/aromatic N) is 3. The van der Waals surface area contributed by atoms with E-state index in [0.29, 0.717) is 6.54 Å². The van der Waals surface area contributed by atoms with Gasteiger partial charge in [0, 0.05) is 10.9 Å². The van der Waals surface area contributed by atoms with Gasteiger partial charge in [-0.3, -0.25) is 4.40 Å². The van der Waals surface area contributed by atoms with Crippen molar-refractivity contribution in [3.05, 3.63) is 40.6 Å². The minimum Gasteiger partial charge on any atom is -0.330 e. The highest BCUT2D eigenvalue weighted by Gasteiger charge is 2.07. The summed E-state index contributed by atoms with van der Waals surface area (Å²) in [5.41, 5.74) is 7.56. The summed E-state index contributed by atoms with van der Waals surface area (Å²) in [6.45, 7) is 0.577.